The summed E-state index contributed by atoms with van der Waals surface area (Å²) in [6, 6.07) is 5.66. The Morgan fingerprint density at radius 2 is 1.29 bits per heavy atom. The van der Waals surface area contributed by atoms with Crippen LogP contribution in [0.15, 0.2) is 38.4 Å². The minimum absolute atomic E-state index is 0.0343. The van der Waals surface area contributed by atoms with E-state index in [4.69, 9.17) is 34.6 Å². The predicted molar refractivity (Wildman–Crippen MR) is 206 cm³/mol. The summed E-state index contributed by atoms with van der Waals surface area (Å²) in [5.74, 6) is -6.29. The lowest BCUT2D eigenvalue weighted by molar-refractivity contribution is -0.161. The number of carbonyl (C=O) groups excluding carboxylic acids is 7. The van der Waals surface area contributed by atoms with Crippen LogP contribution in [0.1, 0.15) is 46.1 Å². The second-order valence-electron chi connectivity index (χ2n) is 11.7. The molecule has 6 unspecified atom stereocenters. The van der Waals surface area contributed by atoms with Gasteiger partial charge in [-0.1, -0.05) is 62.9 Å². The number of halogens is 3. The number of alkyl halides is 2. The summed E-state index contributed by atoms with van der Waals surface area (Å²) >= 11 is 5.32. The number of nitrogens with two attached hydrogens (primary N) is 2. The molecule has 1 aliphatic carbocycles. The standard InChI is InChI=1S/C31H38I3N3O14S/c1-15-6-8-22(9-7-15)52(45,46)49-14-23(42)37-24-25(32)30(28(35)43,10-20(50-18(4)40)12-47-16(2)38)27(34)31(26(24)33,29(36)44)11-21(51-19(5)41)13-48-17(3)39/h6-9,20-21,25,27H,10-14H2,1-5H3,(H2,35,43)(H2,36,44)(H,37,42). The third-order valence-corrected chi connectivity index (χ3v) is 14.5. The average molecular weight is 1090 g/mol. The molecule has 0 fully saturated rings. The van der Waals surface area contributed by atoms with Gasteiger partial charge in [-0.3, -0.25) is 37.7 Å². The molecule has 6 atom stereocenters. The van der Waals surface area contributed by atoms with Gasteiger partial charge in [0.25, 0.3) is 16.0 Å². The first-order valence-electron chi connectivity index (χ1n) is 15.2. The highest BCUT2D eigenvalue weighted by molar-refractivity contribution is 14.1. The van der Waals surface area contributed by atoms with Gasteiger partial charge in [-0.15, -0.1) is 0 Å². The molecule has 5 N–H and O–H groups in total. The van der Waals surface area contributed by atoms with Crippen LogP contribution < -0.4 is 16.8 Å². The molecule has 1 aromatic carbocycles. The third kappa shape index (κ3) is 11.2. The maximum atomic E-state index is 13.8. The lowest BCUT2D eigenvalue weighted by Gasteiger charge is -2.53. The van der Waals surface area contributed by atoms with Crippen LogP contribution in [0.4, 0.5) is 0 Å². The van der Waals surface area contributed by atoms with Gasteiger partial charge < -0.3 is 35.7 Å². The molecule has 52 heavy (non-hydrogen) atoms. The first kappa shape index (κ1) is 45.5. The molecule has 0 aliphatic heterocycles. The Kier molecular flexibility index (Phi) is 16.7. The number of hydrogen-bond donors (Lipinski definition) is 3. The quantitative estimate of drug-likeness (QED) is 0.0661. The van der Waals surface area contributed by atoms with E-state index >= 15 is 0 Å². The summed E-state index contributed by atoms with van der Waals surface area (Å²) in [5, 5.41) is 2.55. The van der Waals surface area contributed by atoms with E-state index in [0.29, 0.717) is 0 Å². The van der Waals surface area contributed by atoms with Crippen molar-refractivity contribution in [2.24, 2.45) is 22.3 Å². The van der Waals surface area contributed by atoms with E-state index in [1.165, 1.54) is 24.3 Å². The Morgan fingerprint density at radius 3 is 1.71 bits per heavy atom. The Morgan fingerprint density at radius 1 is 0.808 bits per heavy atom. The highest BCUT2D eigenvalue weighted by Crippen LogP contribution is 2.61. The van der Waals surface area contributed by atoms with Crippen LogP contribution in [0.3, 0.4) is 0 Å². The number of hydrogen-bond acceptors (Lipinski definition) is 14. The van der Waals surface area contributed by atoms with Crippen molar-refractivity contribution in [1.29, 1.82) is 0 Å². The fourth-order valence-electron chi connectivity index (χ4n) is 5.48. The second-order valence-corrected chi connectivity index (χ2v) is 16.9. The van der Waals surface area contributed by atoms with Crippen molar-refractivity contribution in [3.63, 3.8) is 0 Å². The zero-order chi connectivity index (χ0) is 39.8. The molecule has 0 bridgehead atoms. The van der Waals surface area contributed by atoms with Gasteiger partial charge in [0, 0.05) is 53.7 Å². The van der Waals surface area contributed by atoms with Crippen LogP contribution in [-0.2, 0) is 66.8 Å². The zero-order valence-corrected chi connectivity index (χ0v) is 35.9. The van der Waals surface area contributed by atoms with Gasteiger partial charge in [0.05, 0.1) is 19.7 Å². The van der Waals surface area contributed by atoms with Gasteiger partial charge >= 0.3 is 23.9 Å². The van der Waals surface area contributed by atoms with Crippen LogP contribution in [0.5, 0.6) is 0 Å². The van der Waals surface area contributed by atoms with Gasteiger partial charge in [-0.05, 0) is 41.6 Å². The highest BCUT2D eigenvalue weighted by atomic mass is 127. The Bertz CT molecular complexity index is 1720. The SMILES string of the molecule is CC(=O)OCC(CC1(C(N)=O)C(I)=C(NC(=O)COS(=O)(=O)c2ccc(C)cc2)C(I)C(CC(COC(C)=O)OC(C)=O)(C(N)=O)C1I)OC(C)=O. The van der Waals surface area contributed by atoms with E-state index in [9.17, 15) is 42.0 Å². The van der Waals surface area contributed by atoms with Crippen LogP contribution >= 0.6 is 67.8 Å². The van der Waals surface area contributed by atoms with Crippen molar-refractivity contribution in [2.75, 3.05) is 19.8 Å². The van der Waals surface area contributed by atoms with E-state index < -0.39 is 115 Å². The summed E-state index contributed by atoms with van der Waals surface area (Å²) in [7, 11) is -4.41. The van der Waals surface area contributed by atoms with Crippen molar-refractivity contribution < 1.29 is 65.1 Å². The number of esters is 4. The number of amides is 3. The number of rotatable bonds is 17. The van der Waals surface area contributed by atoms with Gasteiger partial charge in [-0.25, -0.2) is 0 Å². The summed E-state index contributed by atoms with van der Waals surface area (Å²) in [5.41, 5.74) is 8.88. The maximum Gasteiger partial charge on any atom is 0.303 e. The van der Waals surface area contributed by atoms with E-state index in [0.717, 1.165) is 33.3 Å². The van der Waals surface area contributed by atoms with E-state index in [-0.39, 0.29) is 14.2 Å². The Hall–Kier alpha value is -2.65. The molecule has 288 valence electrons. The van der Waals surface area contributed by atoms with Gasteiger partial charge in [0.1, 0.15) is 32.0 Å². The van der Waals surface area contributed by atoms with Crippen molar-refractivity contribution in [2.45, 2.75) is 72.4 Å². The minimum atomic E-state index is -4.41. The number of ether oxygens (including phenoxy) is 4. The van der Waals surface area contributed by atoms with Crippen molar-refractivity contribution in [3.8, 4) is 0 Å². The lowest BCUT2D eigenvalue weighted by Crippen LogP contribution is -2.66. The molecular weight excluding hydrogens is 1050 g/mol. The third-order valence-electron chi connectivity index (χ3n) is 7.77. The summed E-state index contributed by atoms with van der Waals surface area (Å²) in [6.07, 6.45) is -3.67. The number of benzene rings is 1. The molecule has 0 saturated heterocycles. The molecule has 0 heterocycles. The minimum Gasteiger partial charge on any atom is -0.462 e. The van der Waals surface area contributed by atoms with E-state index in [2.05, 4.69) is 5.32 Å². The van der Waals surface area contributed by atoms with E-state index in [1.807, 2.05) is 0 Å². The predicted octanol–water partition coefficient (Wildman–Crippen LogP) is 1.80. The largest absolute Gasteiger partial charge is 0.462 e. The molecule has 0 saturated carbocycles. The van der Waals surface area contributed by atoms with E-state index in [1.54, 1.807) is 74.7 Å². The fourth-order valence-corrected chi connectivity index (χ4v) is 12.6. The summed E-state index contributed by atoms with van der Waals surface area (Å²) < 4.78 is 49.3. The molecule has 1 aliphatic rings. The summed E-state index contributed by atoms with van der Waals surface area (Å²) in [6.45, 7) is 3.99. The number of primary amides is 2. The van der Waals surface area contributed by atoms with Crippen LogP contribution in [-0.4, -0.2) is 89.9 Å². The number of carbonyl (C=O) groups is 7. The molecule has 3 amide bonds. The molecule has 2 rings (SSSR count). The van der Waals surface area contributed by atoms with Crippen LogP contribution in [0.25, 0.3) is 0 Å². The number of aryl methyl sites for hydroxylation is 1. The van der Waals surface area contributed by atoms with Crippen molar-refractivity contribution in [3.05, 3.63) is 39.1 Å². The average Bonchev–Trinajstić information content (AvgIpc) is 3.03. The maximum absolute atomic E-state index is 13.8. The monoisotopic (exact) mass is 1090 g/mol. The van der Waals surface area contributed by atoms with Crippen molar-refractivity contribution in [1.82, 2.24) is 5.32 Å². The topological polar surface area (TPSA) is 264 Å². The number of nitrogens with one attached hydrogen (secondary N) is 1. The highest BCUT2D eigenvalue weighted by Gasteiger charge is 2.66. The normalized spacial score (nSPS) is 22.7. The fraction of sp³-hybridized carbons (Fsp3) is 0.516. The molecular formula is C31H38I3N3O14S. The Balaban J connectivity index is 2.82. The first-order valence-corrected chi connectivity index (χ1v) is 20.1. The van der Waals surface area contributed by atoms with Gasteiger partial charge in [0.2, 0.25) is 11.8 Å². The number of allylic oxidation sites excluding steroid dienone is 1. The molecule has 0 spiro atoms. The Labute approximate surface area is 340 Å². The molecule has 17 nitrogen and oxygen atoms in total. The molecule has 0 aromatic heterocycles. The molecule has 21 heteroatoms. The summed E-state index contributed by atoms with van der Waals surface area (Å²) in [4.78, 5) is 88.6. The smallest absolute Gasteiger partial charge is 0.303 e. The van der Waals surface area contributed by atoms with Gasteiger partial charge in [-0.2, -0.15) is 8.42 Å². The van der Waals surface area contributed by atoms with Gasteiger partial charge in [0.15, 0.2) is 0 Å². The molecule has 0 radical (unpaired) electrons. The first-order chi connectivity index (χ1) is 24.0. The lowest BCUT2D eigenvalue weighted by atomic mass is 9.59. The zero-order valence-electron chi connectivity index (χ0n) is 28.6. The van der Waals surface area contributed by atoms with Crippen LogP contribution in [0, 0.1) is 17.8 Å². The van der Waals surface area contributed by atoms with Crippen LogP contribution in [0.2, 0.25) is 0 Å². The van der Waals surface area contributed by atoms with Crippen molar-refractivity contribution >= 4 is 119 Å². The molecule has 1 aromatic rings. The second kappa shape index (κ2) is 19.1.